The highest BCUT2D eigenvalue weighted by atomic mass is 19.1. The van der Waals surface area contributed by atoms with Gasteiger partial charge in [-0.3, -0.25) is 4.79 Å². The molecule has 0 unspecified atom stereocenters. The van der Waals surface area contributed by atoms with E-state index in [2.05, 4.69) is 5.32 Å². The number of carbonyl (C=O) groups is 1. The van der Waals surface area contributed by atoms with Crippen molar-refractivity contribution in [3.05, 3.63) is 65.5 Å². The lowest BCUT2D eigenvalue weighted by molar-refractivity contribution is 0.102. The number of methoxy groups -OCH3 is 1. The smallest absolute Gasteiger partial charge is 0.255 e. The summed E-state index contributed by atoms with van der Waals surface area (Å²) in [6, 6.07) is 12.9. The van der Waals surface area contributed by atoms with Crippen LogP contribution in [-0.2, 0) is 11.3 Å². The molecule has 2 aromatic rings. The molecule has 0 saturated heterocycles. The van der Waals surface area contributed by atoms with E-state index < -0.39 is 5.82 Å². The Kier molecular flexibility index (Phi) is 4.26. The highest BCUT2D eigenvalue weighted by Crippen LogP contribution is 2.13. The highest BCUT2D eigenvalue weighted by molar-refractivity contribution is 6.04. The number of rotatable bonds is 4. The van der Waals surface area contributed by atoms with Crippen molar-refractivity contribution in [2.24, 2.45) is 0 Å². The van der Waals surface area contributed by atoms with E-state index in [0.29, 0.717) is 12.3 Å². The molecule has 2 aromatic carbocycles. The third-order valence-corrected chi connectivity index (χ3v) is 2.58. The predicted molar refractivity (Wildman–Crippen MR) is 71.5 cm³/mol. The van der Waals surface area contributed by atoms with Gasteiger partial charge in [-0.1, -0.05) is 18.2 Å². The van der Waals surface area contributed by atoms with Gasteiger partial charge in [-0.25, -0.2) is 4.39 Å². The number of amides is 1. The van der Waals surface area contributed by atoms with Gasteiger partial charge >= 0.3 is 0 Å². The van der Waals surface area contributed by atoms with E-state index in [1.807, 2.05) is 18.2 Å². The summed E-state index contributed by atoms with van der Waals surface area (Å²) in [6.07, 6.45) is 0. The van der Waals surface area contributed by atoms with Gasteiger partial charge in [-0.15, -0.1) is 0 Å². The topological polar surface area (TPSA) is 38.3 Å². The van der Waals surface area contributed by atoms with E-state index in [1.165, 1.54) is 18.2 Å². The summed E-state index contributed by atoms with van der Waals surface area (Å²) in [5.41, 5.74) is 1.90. The van der Waals surface area contributed by atoms with Crippen LogP contribution in [0, 0.1) is 5.82 Å². The third kappa shape index (κ3) is 3.63. The van der Waals surface area contributed by atoms with Crippen LogP contribution in [0.3, 0.4) is 0 Å². The molecule has 0 radical (unpaired) electrons. The molecule has 1 amide bonds. The molecule has 19 heavy (non-hydrogen) atoms. The molecule has 0 saturated carbocycles. The van der Waals surface area contributed by atoms with Crippen molar-refractivity contribution in [1.29, 1.82) is 0 Å². The first-order chi connectivity index (χ1) is 9.19. The van der Waals surface area contributed by atoms with E-state index >= 15 is 0 Å². The third-order valence-electron chi connectivity index (χ3n) is 2.58. The minimum atomic E-state index is -0.430. The second-order valence-electron chi connectivity index (χ2n) is 4.10. The minimum absolute atomic E-state index is 0.289. The quantitative estimate of drug-likeness (QED) is 0.915. The second kappa shape index (κ2) is 6.11. The number of ether oxygens (including phenoxy) is 1. The van der Waals surface area contributed by atoms with Crippen molar-refractivity contribution in [2.45, 2.75) is 6.61 Å². The van der Waals surface area contributed by atoms with E-state index in [9.17, 15) is 9.18 Å². The molecule has 0 spiro atoms. The van der Waals surface area contributed by atoms with Crippen molar-refractivity contribution in [1.82, 2.24) is 0 Å². The first-order valence-corrected chi connectivity index (χ1v) is 5.84. The number of halogens is 1. The Morgan fingerprint density at radius 2 is 2.00 bits per heavy atom. The van der Waals surface area contributed by atoms with Crippen LogP contribution in [-0.4, -0.2) is 13.0 Å². The number of carbonyl (C=O) groups excluding carboxylic acids is 1. The number of anilines is 1. The molecule has 4 heteroatoms. The van der Waals surface area contributed by atoms with Crippen molar-refractivity contribution in [3.8, 4) is 0 Å². The fourth-order valence-electron chi connectivity index (χ4n) is 1.74. The van der Waals surface area contributed by atoms with E-state index in [-0.39, 0.29) is 11.5 Å². The first-order valence-electron chi connectivity index (χ1n) is 5.84. The van der Waals surface area contributed by atoms with Gasteiger partial charge in [-0.2, -0.15) is 0 Å². The monoisotopic (exact) mass is 259 g/mol. The summed E-state index contributed by atoms with van der Waals surface area (Å²) in [4.78, 5) is 11.9. The maximum Gasteiger partial charge on any atom is 0.255 e. The van der Waals surface area contributed by atoms with Gasteiger partial charge in [0.2, 0.25) is 0 Å². The minimum Gasteiger partial charge on any atom is -0.380 e. The van der Waals surface area contributed by atoms with Crippen LogP contribution in [0.4, 0.5) is 10.1 Å². The summed E-state index contributed by atoms with van der Waals surface area (Å²) >= 11 is 0. The van der Waals surface area contributed by atoms with Gasteiger partial charge in [0, 0.05) is 18.4 Å². The Bertz CT molecular complexity index is 584. The zero-order valence-electron chi connectivity index (χ0n) is 10.5. The maximum absolute atomic E-state index is 13.0. The molecule has 0 bridgehead atoms. The molecule has 0 fully saturated rings. The van der Waals surface area contributed by atoms with Gasteiger partial charge in [0.25, 0.3) is 5.91 Å². The Morgan fingerprint density at radius 1 is 1.21 bits per heavy atom. The molecule has 0 atom stereocenters. The summed E-state index contributed by atoms with van der Waals surface area (Å²) in [7, 11) is 1.61. The average molecular weight is 259 g/mol. The molecule has 0 aliphatic rings. The molecular weight excluding hydrogens is 245 g/mol. The molecule has 3 nitrogen and oxygen atoms in total. The van der Waals surface area contributed by atoms with Crippen molar-refractivity contribution in [2.75, 3.05) is 12.4 Å². The number of hydrogen-bond acceptors (Lipinski definition) is 2. The normalized spacial score (nSPS) is 10.2. The number of benzene rings is 2. The van der Waals surface area contributed by atoms with Crippen LogP contribution in [0.15, 0.2) is 48.5 Å². The van der Waals surface area contributed by atoms with Crippen molar-refractivity contribution in [3.63, 3.8) is 0 Å². The Balaban J connectivity index is 2.12. The summed E-state index contributed by atoms with van der Waals surface area (Å²) in [5.74, 6) is -0.769. The fraction of sp³-hybridized carbons (Fsp3) is 0.133. The van der Waals surface area contributed by atoms with Crippen molar-refractivity contribution < 1.29 is 13.9 Å². The second-order valence-corrected chi connectivity index (χ2v) is 4.10. The molecule has 0 heterocycles. The zero-order chi connectivity index (χ0) is 13.7. The van der Waals surface area contributed by atoms with Gasteiger partial charge in [0.05, 0.1) is 6.61 Å². The maximum atomic E-state index is 13.0. The SMILES string of the molecule is COCc1cccc(NC(=O)c2cccc(F)c2)c1. The number of hydrogen-bond donors (Lipinski definition) is 1. The predicted octanol–water partition coefficient (Wildman–Crippen LogP) is 3.22. The fourth-order valence-corrected chi connectivity index (χ4v) is 1.74. The molecular formula is C15H14FNO2. The summed E-state index contributed by atoms with van der Waals surface area (Å²) < 4.78 is 18.1. The van der Waals surface area contributed by atoms with Crippen molar-refractivity contribution >= 4 is 11.6 Å². The number of nitrogens with one attached hydrogen (secondary N) is 1. The lowest BCUT2D eigenvalue weighted by atomic mass is 10.2. The van der Waals surface area contributed by atoms with Crippen LogP contribution >= 0.6 is 0 Å². The Morgan fingerprint density at radius 3 is 2.74 bits per heavy atom. The molecule has 98 valence electrons. The standard InChI is InChI=1S/C15H14FNO2/c1-19-10-11-4-2-7-14(8-11)17-15(18)12-5-3-6-13(16)9-12/h2-9H,10H2,1H3,(H,17,18). The molecule has 0 aliphatic heterocycles. The lowest BCUT2D eigenvalue weighted by Gasteiger charge is -2.07. The molecule has 0 aliphatic carbocycles. The average Bonchev–Trinajstić information content (AvgIpc) is 2.39. The van der Waals surface area contributed by atoms with Crippen LogP contribution < -0.4 is 5.32 Å². The Labute approximate surface area is 111 Å². The van der Waals surface area contributed by atoms with Crippen LogP contribution in [0.25, 0.3) is 0 Å². The van der Waals surface area contributed by atoms with E-state index in [4.69, 9.17) is 4.74 Å². The molecule has 0 aromatic heterocycles. The Hall–Kier alpha value is -2.20. The highest BCUT2D eigenvalue weighted by Gasteiger charge is 2.07. The van der Waals surface area contributed by atoms with Crippen LogP contribution in [0.5, 0.6) is 0 Å². The van der Waals surface area contributed by atoms with Gasteiger partial charge in [-0.05, 0) is 35.9 Å². The van der Waals surface area contributed by atoms with E-state index in [1.54, 1.807) is 19.2 Å². The van der Waals surface area contributed by atoms with Crippen LogP contribution in [0.1, 0.15) is 15.9 Å². The summed E-state index contributed by atoms with van der Waals surface area (Å²) in [5, 5.41) is 2.72. The first kappa shape index (κ1) is 13.2. The van der Waals surface area contributed by atoms with Gasteiger partial charge < -0.3 is 10.1 Å². The van der Waals surface area contributed by atoms with Gasteiger partial charge in [0.15, 0.2) is 0 Å². The lowest BCUT2D eigenvalue weighted by Crippen LogP contribution is -2.12. The molecule has 1 N–H and O–H groups in total. The largest absolute Gasteiger partial charge is 0.380 e. The van der Waals surface area contributed by atoms with Gasteiger partial charge in [0.1, 0.15) is 5.82 Å². The van der Waals surface area contributed by atoms with Crippen LogP contribution in [0.2, 0.25) is 0 Å². The molecule has 2 rings (SSSR count). The van der Waals surface area contributed by atoms with E-state index in [0.717, 1.165) is 5.56 Å². The zero-order valence-corrected chi connectivity index (χ0v) is 10.5. The summed E-state index contributed by atoms with van der Waals surface area (Å²) in [6.45, 7) is 0.476.